The van der Waals surface area contributed by atoms with Crippen LogP contribution in [0.25, 0.3) is 10.2 Å². The number of hydrogen-bond donors (Lipinski definition) is 1. The number of fused-ring (bicyclic) bond motifs is 2. The lowest BCUT2D eigenvalue weighted by molar-refractivity contribution is 0.0957. The van der Waals surface area contributed by atoms with Crippen LogP contribution in [0, 0.1) is 6.92 Å². The van der Waals surface area contributed by atoms with Crippen LogP contribution >= 0.6 is 11.3 Å². The zero-order valence-corrected chi connectivity index (χ0v) is 16.2. The third kappa shape index (κ3) is 3.12. The fraction of sp³-hybridized carbons (Fsp3) is 0.350. The Bertz CT molecular complexity index is 1080. The van der Waals surface area contributed by atoms with Crippen LogP contribution in [0.15, 0.2) is 29.1 Å². The summed E-state index contributed by atoms with van der Waals surface area (Å²) in [6.45, 7) is 3.04. The summed E-state index contributed by atoms with van der Waals surface area (Å²) in [4.78, 5) is 31.3. The highest BCUT2D eigenvalue weighted by molar-refractivity contribution is 7.20. The molecule has 0 saturated heterocycles. The van der Waals surface area contributed by atoms with E-state index in [0.29, 0.717) is 34.6 Å². The first kappa shape index (κ1) is 17.7. The summed E-state index contributed by atoms with van der Waals surface area (Å²) in [6, 6.07) is 7.77. The number of methoxy groups -OCH3 is 1. The molecule has 1 aliphatic heterocycles. The molecule has 1 N–H and O–H groups in total. The van der Waals surface area contributed by atoms with Gasteiger partial charge in [0.05, 0.1) is 17.4 Å². The van der Waals surface area contributed by atoms with E-state index < -0.39 is 0 Å². The van der Waals surface area contributed by atoms with Crippen LogP contribution in [0.1, 0.15) is 33.0 Å². The van der Waals surface area contributed by atoms with Gasteiger partial charge in [0.25, 0.3) is 11.5 Å². The Kier molecular flexibility index (Phi) is 4.70. The second kappa shape index (κ2) is 7.15. The van der Waals surface area contributed by atoms with Crippen molar-refractivity contribution in [3.8, 4) is 5.75 Å². The Hall–Kier alpha value is -2.67. The highest BCUT2D eigenvalue weighted by atomic mass is 32.1. The van der Waals surface area contributed by atoms with Crippen molar-refractivity contribution in [3.63, 3.8) is 0 Å². The number of carbonyl (C=O) groups is 1. The van der Waals surface area contributed by atoms with Crippen molar-refractivity contribution >= 4 is 27.5 Å². The van der Waals surface area contributed by atoms with E-state index in [1.54, 1.807) is 11.7 Å². The molecule has 0 saturated carbocycles. The molecule has 1 aliphatic rings. The molecule has 3 heterocycles. The van der Waals surface area contributed by atoms with Gasteiger partial charge in [-0.3, -0.25) is 14.2 Å². The number of nitrogens with one attached hydrogen (secondary N) is 1. The van der Waals surface area contributed by atoms with Gasteiger partial charge in [-0.2, -0.15) is 0 Å². The molecule has 6 nitrogen and oxygen atoms in total. The van der Waals surface area contributed by atoms with Crippen molar-refractivity contribution in [3.05, 3.63) is 56.4 Å². The Morgan fingerprint density at radius 3 is 3.00 bits per heavy atom. The molecular weight excluding hydrogens is 362 g/mol. The number of hydrogen-bond acceptors (Lipinski definition) is 5. The lowest BCUT2D eigenvalue weighted by atomic mass is 10.1. The van der Waals surface area contributed by atoms with Crippen molar-refractivity contribution in [1.82, 2.24) is 14.9 Å². The molecule has 0 radical (unpaired) electrons. The van der Waals surface area contributed by atoms with Crippen LogP contribution in [-0.2, 0) is 19.4 Å². The summed E-state index contributed by atoms with van der Waals surface area (Å²) in [7, 11) is 1.64. The fourth-order valence-corrected chi connectivity index (χ4v) is 4.70. The molecule has 1 aromatic carbocycles. The number of aromatic nitrogens is 2. The van der Waals surface area contributed by atoms with E-state index in [0.717, 1.165) is 35.5 Å². The van der Waals surface area contributed by atoms with Crippen molar-refractivity contribution in [2.45, 2.75) is 32.7 Å². The Balaban J connectivity index is 1.54. The minimum Gasteiger partial charge on any atom is -0.496 e. The van der Waals surface area contributed by atoms with Gasteiger partial charge in [-0.1, -0.05) is 18.2 Å². The second-order valence-electron chi connectivity index (χ2n) is 6.64. The number of nitrogens with zero attached hydrogens (tertiary/aromatic N) is 2. The first-order valence-corrected chi connectivity index (χ1v) is 9.84. The van der Waals surface area contributed by atoms with Gasteiger partial charge in [0.1, 0.15) is 16.4 Å². The number of amides is 1. The molecule has 0 unspecified atom stereocenters. The van der Waals surface area contributed by atoms with Gasteiger partial charge < -0.3 is 10.1 Å². The first-order chi connectivity index (χ1) is 13.1. The normalized spacial score (nSPS) is 13.0. The molecule has 0 spiro atoms. The number of benzene rings is 1. The maximum absolute atomic E-state index is 12.7. The van der Waals surface area contributed by atoms with Crippen molar-refractivity contribution in [2.75, 3.05) is 13.7 Å². The topological polar surface area (TPSA) is 73.2 Å². The van der Waals surface area contributed by atoms with Gasteiger partial charge in [0, 0.05) is 19.5 Å². The lowest BCUT2D eigenvalue weighted by Crippen LogP contribution is -2.25. The molecule has 2 aromatic heterocycles. The summed E-state index contributed by atoms with van der Waals surface area (Å²) in [6.07, 6.45) is 2.45. The average molecular weight is 383 g/mol. The van der Waals surface area contributed by atoms with Gasteiger partial charge >= 0.3 is 0 Å². The van der Waals surface area contributed by atoms with E-state index in [2.05, 4.69) is 10.3 Å². The fourth-order valence-electron chi connectivity index (χ4n) is 3.59. The van der Waals surface area contributed by atoms with E-state index in [9.17, 15) is 9.59 Å². The number of carbonyl (C=O) groups excluding carboxylic acids is 1. The Morgan fingerprint density at radius 2 is 2.19 bits per heavy atom. The molecule has 4 rings (SSSR count). The number of thiophene rings is 1. The third-order valence-corrected chi connectivity index (χ3v) is 6.17. The molecule has 27 heavy (non-hydrogen) atoms. The highest BCUT2D eigenvalue weighted by Crippen LogP contribution is 2.28. The quantitative estimate of drug-likeness (QED) is 0.735. The van der Waals surface area contributed by atoms with E-state index in [1.807, 2.05) is 31.2 Å². The summed E-state index contributed by atoms with van der Waals surface area (Å²) < 4.78 is 7.08. The number of ether oxygens (including phenoxy) is 1. The highest BCUT2D eigenvalue weighted by Gasteiger charge is 2.23. The average Bonchev–Trinajstić information content (AvgIpc) is 3.27. The second-order valence-corrected chi connectivity index (χ2v) is 7.64. The molecule has 0 aliphatic carbocycles. The van der Waals surface area contributed by atoms with Crippen LogP contribution in [0.4, 0.5) is 0 Å². The van der Waals surface area contributed by atoms with E-state index in [1.165, 1.54) is 11.3 Å². The van der Waals surface area contributed by atoms with E-state index in [4.69, 9.17) is 4.74 Å². The number of para-hydroxylation sites is 1. The number of rotatable bonds is 5. The minimum atomic E-state index is -0.157. The smallest absolute Gasteiger partial charge is 0.262 e. The van der Waals surface area contributed by atoms with Gasteiger partial charge in [-0.15, -0.1) is 11.3 Å². The monoisotopic (exact) mass is 383 g/mol. The van der Waals surface area contributed by atoms with Gasteiger partial charge in [0.15, 0.2) is 0 Å². The molecule has 7 heteroatoms. The summed E-state index contributed by atoms with van der Waals surface area (Å²) in [5.41, 5.74) is 1.75. The van der Waals surface area contributed by atoms with Crippen LogP contribution in [0.2, 0.25) is 0 Å². The lowest BCUT2D eigenvalue weighted by Gasteiger charge is -2.09. The molecular formula is C20H21N3O3S. The maximum atomic E-state index is 12.7. The Labute approximate surface area is 160 Å². The molecule has 1 amide bonds. The zero-order valence-electron chi connectivity index (χ0n) is 15.4. The van der Waals surface area contributed by atoms with Crippen LogP contribution in [0.5, 0.6) is 5.75 Å². The SMILES string of the molecule is COc1ccccc1CCNC(=O)c1sc2nc3n(c(=O)c2c1C)CCC3. The third-order valence-electron chi connectivity index (χ3n) is 4.99. The van der Waals surface area contributed by atoms with E-state index >= 15 is 0 Å². The minimum absolute atomic E-state index is 0.0191. The van der Waals surface area contributed by atoms with Crippen molar-refractivity contribution in [2.24, 2.45) is 0 Å². The Morgan fingerprint density at radius 1 is 1.37 bits per heavy atom. The standard InChI is InChI=1S/C20H21N3O3S/c1-12-16-19(22-15-8-5-11-23(15)20(16)25)27-17(12)18(24)21-10-9-13-6-3-4-7-14(13)26-2/h3-4,6-7H,5,8-11H2,1-2H3,(H,21,24). The summed E-state index contributed by atoms with van der Waals surface area (Å²) >= 11 is 1.30. The van der Waals surface area contributed by atoms with Gasteiger partial charge in [-0.25, -0.2) is 4.98 Å². The first-order valence-electron chi connectivity index (χ1n) is 9.03. The largest absolute Gasteiger partial charge is 0.496 e. The molecule has 3 aromatic rings. The molecule has 140 valence electrons. The molecule has 0 atom stereocenters. The van der Waals surface area contributed by atoms with Crippen molar-refractivity contribution < 1.29 is 9.53 Å². The predicted molar refractivity (Wildman–Crippen MR) is 106 cm³/mol. The summed E-state index contributed by atoms with van der Waals surface area (Å²) in [5, 5.41) is 3.54. The van der Waals surface area contributed by atoms with E-state index in [-0.39, 0.29) is 11.5 Å². The van der Waals surface area contributed by atoms with Gasteiger partial charge in [0.2, 0.25) is 0 Å². The summed E-state index contributed by atoms with van der Waals surface area (Å²) in [5.74, 6) is 1.49. The van der Waals surface area contributed by atoms with Crippen LogP contribution in [0.3, 0.4) is 0 Å². The molecule has 0 bridgehead atoms. The predicted octanol–water partition coefficient (Wildman–Crippen LogP) is 2.69. The zero-order chi connectivity index (χ0) is 19.0. The maximum Gasteiger partial charge on any atom is 0.262 e. The van der Waals surface area contributed by atoms with Crippen molar-refractivity contribution in [1.29, 1.82) is 0 Å². The van der Waals surface area contributed by atoms with Crippen LogP contribution < -0.4 is 15.6 Å². The van der Waals surface area contributed by atoms with Crippen LogP contribution in [-0.4, -0.2) is 29.1 Å². The van der Waals surface area contributed by atoms with Gasteiger partial charge in [-0.05, 0) is 37.0 Å². The number of aryl methyl sites for hydroxylation is 2. The molecule has 0 fully saturated rings.